The fourth-order valence-corrected chi connectivity index (χ4v) is 3.42. The van der Waals surface area contributed by atoms with Gasteiger partial charge in [0.05, 0.1) is 11.3 Å². The summed E-state index contributed by atoms with van der Waals surface area (Å²) in [5.74, 6) is 0.887. The quantitative estimate of drug-likeness (QED) is 0.544. The topological polar surface area (TPSA) is 108 Å². The predicted molar refractivity (Wildman–Crippen MR) is 102 cm³/mol. The highest BCUT2D eigenvalue weighted by Crippen LogP contribution is 2.28. The van der Waals surface area contributed by atoms with Gasteiger partial charge in [0.2, 0.25) is 0 Å². The van der Waals surface area contributed by atoms with Crippen LogP contribution in [0.1, 0.15) is 22.3 Å². The van der Waals surface area contributed by atoms with Crippen LogP contribution in [0.15, 0.2) is 54.9 Å². The highest BCUT2D eigenvalue weighted by molar-refractivity contribution is 6.16. The third kappa shape index (κ3) is 2.97. The number of hydrogen-bond acceptors (Lipinski definition) is 6. The Morgan fingerprint density at radius 1 is 1.08 bits per heavy atom. The van der Waals surface area contributed by atoms with E-state index in [1.165, 1.54) is 23.5 Å². The lowest BCUT2D eigenvalue weighted by Gasteiger charge is -2.17. The molecule has 5 N–H and O–H groups in total. The highest BCUT2D eigenvalue weighted by atomic mass is 16.3. The minimum atomic E-state index is 0.100. The van der Waals surface area contributed by atoms with Crippen molar-refractivity contribution in [2.24, 2.45) is 0 Å². The summed E-state index contributed by atoms with van der Waals surface area (Å²) in [5, 5.41) is 21.7. The van der Waals surface area contributed by atoms with Crippen LogP contribution in [0.2, 0.25) is 0 Å². The van der Waals surface area contributed by atoms with E-state index in [9.17, 15) is 5.11 Å². The van der Waals surface area contributed by atoms with Crippen LogP contribution in [-0.2, 0) is 12.8 Å². The molecular formula is C20H19N5O. The highest BCUT2D eigenvalue weighted by Gasteiger charge is 2.24. The van der Waals surface area contributed by atoms with E-state index in [2.05, 4.69) is 27.4 Å². The maximum Gasteiger partial charge on any atom is 0.141 e. The Labute approximate surface area is 151 Å². The Morgan fingerprint density at radius 3 is 2.50 bits per heavy atom. The number of aromatic nitrogens is 2. The van der Waals surface area contributed by atoms with Gasteiger partial charge in [-0.05, 0) is 36.1 Å². The van der Waals surface area contributed by atoms with E-state index in [1.807, 2.05) is 12.1 Å². The first kappa shape index (κ1) is 16.1. The SMILES string of the molecule is N=C(c1cccc(O)c1)c1c(N)ncnc1NC1Cc2ccccc2C1. The van der Waals surface area contributed by atoms with Gasteiger partial charge in [-0.1, -0.05) is 36.4 Å². The molecule has 0 spiro atoms. The molecule has 0 unspecified atom stereocenters. The smallest absolute Gasteiger partial charge is 0.141 e. The lowest BCUT2D eigenvalue weighted by atomic mass is 10.0. The molecule has 0 atom stereocenters. The Bertz CT molecular complexity index is 960. The minimum absolute atomic E-state index is 0.100. The first-order valence-electron chi connectivity index (χ1n) is 8.44. The van der Waals surface area contributed by atoms with Crippen molar-refractivity contribution < 1.29 is 5.11 Å². The Balaban J connectivity index is 1.64. The second-order valence-electron chi connectivity index (χ2n) is 6.43. The molecular weight excluding hydrogens is 326 g/mol. The van der Waals surface area contributed by atoms with Gasteiger partial charge in [0.1, 0.15) is 23.7 Å². The second-order valence-corrected chi connectivity index (χ2v) is 6.43. The van der Waals surface area contributed by atoms with E-state index in [1.54, 1.807) is 18.2 Å². The molecule has 1 aromatic heterocycles. The number of anilines is 2. The van der Waals surface area contributed by atoms with Crippen LogP contribution in [0.25, 0.3) is 0 Å². The molecule has 6 nitrogen and oxygen atoms in total. The number of benzene rings is 2. The Morgan fingerprint density at radius 2 is 1.81 bits per heavy atom. The van der Waals surface area contributed by atoms with E-state index in [-0.39, 0.29) is 23.3 Å². The van der Waals surface area contributed by atoms with Gasteiger partial charge in [0.15, 0.2) is 0 Å². The van der Waals surface area contributed by atoms with Crippen molar-refractivity contribution in [3.63, 3.8) is 0 Å². The number of rotatable bonds is 4. The summed E-state index contributed by atoms with van der Waals surface area (Å²) in [7, 11) is 0. The number of nitrogens with zero attached hydrogens (tertiary/aromatic N) is 2. The molecule has 0 amide bonds. The summed E-state index contributed by atoms with van der Waals surface area (Å²) < 4.78 is 0. The fraction of sp³-hybridized carbons (Fsp3) is 0.150. The standard InChI is InChI=1S/C20H19N5O/c21-18(14-6-3-7-16(26)10-14)17-19(22)23-11-24-20(17)25-15-8-12-4-1-2-5-13(12)9-15/h1-7,10-11,15,21,26H,8-9H2,(H3,22,23,24,25). The number of phenols is 1. The van der Waals surface area contributed by atoms with Crippen molar-refractivity contribution in [3.05, 3.63) is 77.1 Å². The molecule has 0 fully saturated rings. The van der Waals surface area contributed by atoms with Crippen molar-refractivity contribution in [2.45, 2.75) is 18.9 Å². The van der Waals surface area contributed by atoms with Crippen LogP contribution in [0, 0.1) is 5.41 Å². The molecule has 6 heteroatoms. The first-order valence-corrected chi connectivity index (χ1v) is 8.44. The van der Waals surface area contributed by atoms with Gasteiger partial charge in [-0.25, -0.2) is 9.97 Å². The van der Waals surface area contributed by atoms with E-state index >= 15 is 0 Å². The van der Waals surface area contributed by atoms with Gasteiger partial charge in [-0.3, -0.25) is 5.41 Å². The number of phenolic OH excluding ortho intramolecular Hbond substituents is 1. The lowest BCUT2D eigenvalue weighted by molar-refractivity contribution is 0.475. The lowest BCUT2D eigenvalue weighted by Crippen LogP contribution is -2.23. The molecule has 2 aromatic carbocycles. The van der Waals surface area contributed by atoms with Crippen LogP contribution in [0.5, 0.6) is 5.75 Å². The van der Waals surface area contributed by atoms with Crippen LogP contribution >= 0.6 is 0 Å². The van der Waals surface area contributed by atoms with Gasteiger partial charge in [0, 0.05) is 11.6 Å². The zero-order valence-electron chi connectivity index (χ0n) is 14.1. The molecule has 0 saturated carbocycles. The van der Waals surface area contributed by atoms with Crippen molar-refractivity contribution in [2.75, 3.05) is 11.1 Å². The summed E-state index contributed by atoms with van der Waals surface area (Å²) in [6, 6.07) is 15.1. The van der Waals surface area contributed by atoms with Crippen molar-refractivity contribution in [3.8, 4) is 5.75 Å². The van der Waals surface area contributed by atoms with Gasteiger partial charge in [-0.15, -0.1) is 0 Å². The number of hydrogen-bond donors (Lipinski definition) is 4. The summed E-state index contributed by atoms with van der Waals surface area (Å²) in [6.45, 7) is 0. The Hall–Kier alpha value is -3.41. The number of aromatic hydroxyl groups is 1. The maximum atomic E-state index is 9.70. The molecule has 1 heterocycles. The summed E-state index contributed by atoms with van der Waals surface area (Å²) in [6.07, 6.45) is 3.21. The summed E-state index contributed by atoms with van der Waals surface area (Å²) in [5.41, 5.74) is 9.91. The third-order valence-corrected chi connectivity index (χ3v) is 4.65. The molecule has 0 radical (unpaired) electrons. The normalized spacial score (nSPS) is 13.4. The maximum absolute atomic E-state index is 9.70. The summed E-state index contributed by atoms with van der Waals surface area (Å²) >= 11 is 0. The molecule has 1 aliphatic rings. The number of fused-ring (bicyclic) bond motifs is 1. The van der Waals surface area contributed by atoms with Gasteiger partial charge < -0.3 is 16.2 Å². The fourth-order valence-electron chi connectivity index (χ4n) is 3.42. The zero-order valence-corrected chi connectivity index (χ0v) is 14.1. The monoisotopic (exact) mass is 345 g/mol. The third-order valence-electron chi connectivity index (χ3n) is 4.65. The number of nitrogens with two attached hydrogens (primary N) is 1. The summed E-state index contributed by atoms with van der Waals surface area (Å²) in [4.78, 5) is 8.38. The predicted octanol–water partition coefficient (Wildman–Crippen LogP) is 2.76. The van der Waals surface area contributed by atoms with Crippen molar-refractivity contribution in [1.82, 2.24) is 9.97 Å². The minimum Gasteiger partial charge on any atom is -0.508 e. The average molecular weight is 345 g/mol. The van der Waals surface area contributed by atoms with Gasteiger partial charge >= 0.3 is 0 Å². The van der Waals surface area contributed by atoms with Crippen molar-refractivity contribution >= 4 is 17.3 Å². The molecule has 4 rings (SSSR count). The first-order chi connectivity index (χ1) is 12.6. The van der Waals surface area contributed by atoms with Crippen LogP contribution in [-0.4, -0.2) is 26.8 Å². The van der Waals surface area contributed by atoms with Crippen LogP contribution in [0.3, 0.4) is 0 Å². The number of nitrogen functional groups attached to an aromatic ring is 1. The van der Waals surface area contributed by atoms with E-state index in [0.717, 1.165) is 12.8 Å². The largest absolute Gasteiger partial charge is 0.508 e. The Kier molecular flexibility index (Phi) is 4.01. The molecule has 0 saturated heterocycles. The number of nitrogens with one attached hydrogen (secondary N) is 2. The van der Waals surface area contributed by atoms with Crippen molar-refractivity contribution in [1.29, 1.82) is 5.41 Å². The van der Waals surface area contributed by atoms with Gasteiger partial charge in [0.25, 0.3) is 0 Å². The molecule has 130 valence electrons. The van der Waals surface area contributed by atoms with Crippen LogP contribution in [0.4, 0.5) is 11.6 Å². The zero-order chi connectivity index (χ0) is 18.1. The van der Waals surface area contributed by atoms with E-state index in [4.69, 9.17) is 11.1 Å². The molecule has 0 bridgehead atoms. The molecule has 3 aromatic rings. The van der Waals surface area contributed by atoms with E-state index < -0.39 is 0 Å². The average Bonchev–Trinajstić information content (AvgIpc) is 3.04. The van der Waals surface area contributed by atoms with Crippen LogP contribution < -0.4 is 11.1 Å². The molecule has 1 aliphatic carbocycles. The van der Waals surface area contributed by atoms with Gasteiger partial charge in [-0.2, -0.15) is 0 Å². The second kappa shape index (κ2) is 6.48. The van der Waals surface area contributed by atoms with E-state index in [0.29, 0.717) is 16.9 Å². The molecule has 26 heavy (non-hydrogen) atoms. The molecule has 0 aliphatic heterocycles.